The fraction of sp³-hybridized carbons (Fsp3) is 0.143. The molecule has 1 atom stereocenters. The molecule has 102 valence electrons. The van der Waals surface area contributed by atoms with Crippen LogP contribution in [-0.2, 0) is 11.2 Å². The van der Waals surface area contributed by atoms with Crippen LogP contribution in [0.15, 0.2) is 48.8 Å². The topological polar surface area (TPSA) is 93.3 Å². The Morgan fingerprint density at radius 1 is 1.20 bits per heavy atom. The molecule has 1 aromatic heterocycles. The molecular weight excluding hydrogens is 260 g/mol. The molecule has 0 saturated carbocycles. The third-order valence-electron chi connectivity index (χ3n) is 2.99. The van der Waals surface area contributed by atoms with Crippen molar-refractivity contribution in [2.45, 2.75) is 12.3 Å². The molecule has 1 unspecified atom stereocenters. The van der Waals surface area contributed by atoms with Crippen molar-refractivity contribution < 1.29 is 14.8 Å². The van der Waals surface area contributed by atoms with E-state index in [1.807, 2.05) is 0 Å². The number of rotatable bonds is 5. The number of carboxylic acids is 1. The van der Waals surface area contributed by atoms with Crippen LogP contribution in [0.25, 0.3) is 0 Å². The Morgan fingerprint density at radius 3 is 2.30 bits per heavy atom. The standard InChI is InChI=1S/C14H12N2O4/c17-14(18)13(9-10-5-7-15-8-6-10)11-1-3-12(4-2-11)16(19)20/h1-8,13H,9H2,(H,17,18). The fourth-order valence-corrected chi connectivity index (χ4v) is 1.93. The lowest BCUT2D eigenvalue weighted by Gasteiger charge is -2.12. The molecule has 20 heavy (non-hydrogen) atoms. The number of hydrogen-bond acceptors (Lipinski definition) is 4. The van der Waals surface area contributed by atoms with Gasteiger partial charge in [-0.15, -0.1) is 0 Å². The monoisotopic (exact) mass is 272 g/mol. The minimum absolute atomic E-state index is 0.0539. The molecule has 0 aliphatic carbocycles. The zero-order chi connectivity index (χ0) is 14.5. The minimum atomic E-state index is -0.962. The molecule has 1 heterocycles. The predicted octanol–water partition coefficient (Wildman–Crippen LogP) is 2.40. The highest BCUT2D eigenvalue weighted by Gasteiger charge is 2.21. The van der Waals surface area contributed by atoms with Crippen molar-refractivity contribution in [1.82, 2.24) is 4.98 Å². The summed E-state index contributed by atoms with van der Waals surface area (Å²) in [5, 5.41) is 19.9. The maximum Gasteiger partial charge on any atom is 0.311 e. The van der Waals surface area contributed by atoms with Gasteiger partial charge in [-0.2, -0.15) is 0 Å². The summed E-state index contributed by atoms with van der Waals surface area (Å²) in [4.78, 5) is 25.3. The lowest BCUT2D eigenvalue weighted by atomic mass is 9.92. The molecule has 0 aliphatic rings. The number of aliphatic carboxylic acids is 1. The second-order valence-corrected chi connectivity index (χ2v) is 4.30. The maximum absolute atomic E-state index is 11.4. The molecule has 0 fully saturated rings. The Hall–Kier alpha value is -2.76. The summed E-state index contributed by atoms with van der Waals surface area (Å²) in [5.74, 6) is -1.70. The van der Waals surface area contributed by atoms with Crippen LogP contribution in [0.2, 0.25) is 0 Å². The molecule has 1 aromatic carbocycles. The minimum Gasteiger partial charge on any atom is -0.481 e. The third-order valence-corrected chi connectivity index (χ3v) is 2.99. The van der Waals surface area contributed by atoms with Gasteiger partial charge in [0.25, 0.3) is 5.69 Å². The summed E-state index contributed by atoms with van der Waals surface area (Å²) < 4.78 is 0. The zero-order valence-electron chi connectivity index (χ0n) is 10.5. The average Bonchev–Trinajstić information content (AvgIpc) is 2.45. The van der Waals surface area contributed by atoms with Gasteiger partial charge in [0, 0.05) is 24.5 Å². The summed E-state index contributed by atoms with van der Waals surface area (Å²) >= 11 is 0. The van der Waals surface area contributed by atoms with E-state index in [1.165, 1.54) is 24.3 Å². The van der Waals surface area contributed by atoms with E-state index in [2.05, 4.69) is 4.98 Å². The lowest BCUT2D eigenvalue weighted by molar-refractivity contribution is -0.384. The van der Waals surface area contributed by atoms with E-state index >= 15 is 0 Å². The fourth-order valence-electron chi connectivity index (χ4n) is 1.93. The van der Waals surface area contributed by atoms with E-state index in [9.17, 15) is 20.0 Å². The first kappa shape index (κ1) is 13.7. The molecule has 2 rings (SSSR count). The average molecular weight is 272 g/mol. The van der Waals surface area contributed by atoms with Gasteiger partial charge in [0.05, 0.1) is 10.8 Å². The van der Waals surface area contributed by atoms with E-state index in [4.69, 9.17) is 0 Å². The van der Waals surface area contributed by atoms with Crippen LogP contribution in [0.5, 0.6) is 0 Å². The Kier molecular flexibility index (Phi) is 4.05. The number of aromatic nitrogens is 1. The summed E-state index contributed by atoms with van der Waals surface area (Å²) in [5.41, 5.74) is 1.34. The van der Waals surface area contributed by atoms with Crippen molar-refractivity contribution in [3.63, 3.8) is 0 Å². The normalized spacial score (nSPS) is 11.8. The SMILES string of the molecule is O=C(O)C(Cc1ccncc1)c1ccc([N+](=O)[O-])cc1. The zero-order valence-corrected chi connectivity index (χ0v) is 10.5. The van der Waals surface area contributed by atoms with Crippen molar-refractivity contribution in [3.8, 4) is 0 Å². The molecule has 0 saturated heterocycles. The molecule has 0 amide bonds. The van der Waals surface area contributed by atoms with Gasteiger partial charge in [-0.05, 0) is 29.7 Å². The van der Waals surface area contributed by atoms with Crippen molar-refractivity contribution in [2.24, 2.45) is 0 Å². The Balaban J connectivity index is 2.25. The van der Waals surface area contributed by atoms with Crippen LogP contribution in [0.1, 0.15) is 17.0 Å². The number of hydrogen-bond donors (Lipinski definition) is 1. The Bertz CT molecular complexity index is 611. The van der Waals surface area contributed by atoms with Gasteiger partial charge in [-0.1, -0.05) is 12.1 Å². The molecule has 6 heteroatoms. The van der Waals surface area contributed by atoms with Gasteiger partial charge < -0.3 is 5.11 Å². The summed E-state index contributed by atoms with van der Waals surface area (Å²) in [7, 11) is 0. The molecule has 0 aliphatic heterocycles. The molecule has 0 radical (unpaired) electrons. The third kappa shape index (κ3) is 3.17. The first-order valence-corrected chi connectivity index (χ1v) is 5.94. The van der Waals surface area contributed by atoms with Crippen LogP contribution in [0, 0.1) is 10.1 Å². The molecule has 1 N–H and O–H groups in total. The number of nitro groups is 1. The summed E-state index contributed by atoms with van der Waals surface area (Å²) in [6, 6.07) is 9.11. The first-order chi connectivity index (χ1) is 9.58. The van der Waals surface area contributed by atoms with Gasteiger partial charge in [-0.3, -0.25) is 19.9 Å². The quantitative estimate of drug-likeness (QED) is 0.666. The van der Waals surface area contributed by atoms with E-state index in [-0.39, 0.29) is 5.69 Å². The molecule has 6 nitrogen and oxygen atoms in total. The van der Waals surface area contributed by atoms with Gasteiger partial charge in [0.15, 0.2) is 0 Å². The van der Waals surface area contributed by atoms with Crippen LogP contribution in [0.3, 0.4) is 0 Å². The summed E-state index contributed by atoms with van der Waals surface area (Å²) in [6.07, 6.45) is 3.52. The number of nitrogens with zero attached hydrogens (tertiary/aromatic N) is 2. The van der Waals surface area contributed by atoms with E-state index in [0.29, 0.717) is 12.0 Å². The number of non-ortho nitro benzene ring substituents is 1. The van der Waals surface area contributed by atoms with E-state index in [1.54, 1.807) is 24.5 Å². The van der Waals surface area contributed by atoms with Crippen LogP contribution in [0.4, 0.5) is 5.69 Å². The second-order valence-electron chi connectivity index (χ2n) is 4.30. The van der Waals surface area contributed by atoms with Gasteiger partial charge in [0.1, 0.15) is 0 Å². The number of pyridine rings is 1. The highest BCUT2D eigenvalue weighted by Crippen LogP contribution is 2.23. The van der Waals surface area contributed by atoms with Crippen LogP contribution < -0.4 is 0 Å². The number of carbonyl (C=O) groups is 1. The van der Waals surface area contributed by atoms with Crippen molar-refractivity contribution in [3.05, 3.63) is 70.0 Å². The van der Waals surface area contributed by atoms with Crippen LogP contribution in [-0.4, -0.2) is 21.0 Å². The van der Waals surface area contributed by atoms with Crippen molar-refractivity contribution >= 4 is 11.7 Å². The van der Waals surface area contributed by atoms with Gasteiger partial charge >= 0.3 is 5.97 Å². The van der Waals surface area contributed by atoms with Crippen molar-refractivity contribution in [2.75, 3.05) is 0 Å². The van der Waals surface area contributed by atoms with E-state index < -0.39 is 16.8 Å². The lowest BCUT2D eigenvalue weighted by Crippen LogP contribution is -2.14. The first-order valence-electron chi connectivity index (χ1n) is 5.94. The van der Waals surface area contributed by atoms with Crippen molar-refractivity contribution in [1.29, 1.82) is 0 Å². The number of benzene rings is 1. The predicted molar refractivity (Wildman–Crippen MR) is 71.4 cm³/mol. The largest absolute Gasteiger partial charge is 0.481 e. The maximum atomic E-state index is 11.4. The number of nitro benzene ring substituents is 1. The molecule has 2 aromatic rings. The Morgan fingerprint density at radius 2 is 1.80 bits per heavy atom. The molecular formula is C14H12N2O4. The summed E-state index contributed by atoms with van der Waals surface area (Å²) in [6.45, 7) is 0. The van der Waals surface area contributed by atoms with E-state index in [0.717, 1.165) is 5.56 Å². The van der Waals surface area contributed by atoms with Gasteiger partial charge in [-0.25, -0.2) is 0 Å². The highest BCUT2D eigenvalue weighted by molar-refractivity contribution is 5.76. The van der Waals surface area contributed by atoms with Gasteiger partial charge in [0.2, 0.25) is 0 Å². The Labute approximate surface area is 114 Å². The molecule has 0 bridgehead atoms. The second kappa shape index (κ2) is 5.92. The van der Waals surface area contributed by atoms with Crippen LogP contribution >= 0.6 is 0 Å². The number of carboxylic acid groups (broad SMARTS) is 1. The molecule has 0 spiro atoms. The smallest absolute Gasteiger partial charge is 0.311 e. The highest BCUT2D eigenvalue weighted by atomic mass is 16.6.